The number of hydrogen-bond donors (Lipinski definition) is 2. The van der Waals surface area contributed by atoms with Crippen LogP contribution in [0.2, 0.25) is 0 Å². The van der Waals surface area contributed by atoms with Crippen LogP contribution in [0.15, 0.2) is 65.0 Å². The molecule has 2 unspecified atom stereocenters. The van der Waals surface area contributed by atoms with Crippen molar-refractivity contribution in [1.29, 1.82) is 0 Å². The fourth-order valence-corrected chi connectivity index (χ4v) is 2.18. The summed E-state index contributed by atoms with van der Waals surface area (Å²) in [7, 11) is 0. The maximum absolute atomic E-state index is 6.01. The van der Waals surface area contributed by atoms with Crippen LogP contribution in [-0.2, 0) is 0 Å². The van der Waals surface area contributed by atoms with Crippen molar-refractivity contribution in [3.8, 4) is 0 Å². The van der Waals surface area contributed by atoms with Crippen LogP contribution in [0.3, 0.4) is 0 Å². The molecule has 0 fully saturated rings. The van der Waals surface area contributed by atoms with Gasteiger partial charge in [-0.1, -0.05) is 48.6 Å². The molecule has 0 saturated carbocycles. The Labute approximate surface area is 115 Å². The highest BCUT2D eigenvalue weighted by Crippen LogP contribution is 2.18. The normalized spacial score (nSPS) is 26.2. The van der Waals surface area contributed by atoms with Gasteiger partial charge in [-0.3, -0.25) is 5.43 Å². The zero-order chi connectivity index (χ0) is 13.7. The molecule has 19 heavy (non-hydrogen) atoms. The number of hydrogen-bond acceptors (Lipinski definition) is 3. The molecule has 0 aromatic rings. The van der Waals surface area contributed by atoms with E-state index in [1.165, 1.54) is 11.1 Å². The van der Waals surface area contributed by atoms with E-state index in [4.69, 9.17) is 5.73 Å². The molecule has 0 heterocycles. The van der Waals surface area contributed by atoms with Crippen molar-refractivity contribution in [1.82, 2.24) is 5.43 Å². The molecule has 3 N–H and O–H groups in total. The topological polar surface area (TPSA) is 50.4 Å². The van der Waals surface area contributed by atoms with Gasteiger partial charge in [0.15, 0.2) is 0 Å². The first-order valence-corrected chi connectivity index (χ1v) is 6.63. The highest BCUT2D eigenvalue weighted by Gasteiger charge is 2.17. The average Bonchev–Trinajstić information content (AvgIpc) is 2.41. The standard InChI is InChI=1S/C16H21N3/c1-12-7-3-4-8-14(12)11-18-19-13(2)15-9-5-6-10-16(15)17/h4-6,8-11,15-16,19H,2-3,7,17H2,1H3/b18-11+. The molecule has 3 nitrogen and oxygen atoms in total. The molecule has 2 rings (SSSR count). The third-order valence-electron chi connectivity index (χ3n) is 3.47. The predicted octanol–water partition coefficient (Wildman–Crippen LogP) is 2.81. The summed E-state index contributed by atoms with van der Waals surface area (Å²) in [5.74, 6) is 0.0964. The van der Waals surface area contributed by atoms with Crippen molar-refractivity contribution in [2.45, 2.75) is 25.8 Å². The number of allylic oxidation sites excluding steroid dienone is 6. The Bertz CT molecular complexity index is 492. The number of nitrogens with two attached hydrogens (primary N) is 1. The van der Waals surface area contributed by atoms with E-state index in [-0.39, 0.29) is 12.0 Å². The van der Waals surface area contributed by atoms with Crippen LogP contribution < -0.4 is 11.2 Å². The van der Waals surface area contributed by atoms with E-state index in [2.05, 4.69) is 36.2 Å². The Balaban J connectivity index is 1.92. The quantitative estimate of drug-likeness (QED) is 0.599. The number of rotatable bonds is 4. The van der Waals surface area contributed by atoms with E-state index in [9.17, 15) is 0 Å². The van der Waals surface area contributed by atoms with Crippen LogP contribution in [0.4, 0.5) is 0 Å². The minimum Gasteiger partial charge on any atom is -0.324 e. The molecular formula is C16H21N3. The smallest absolute Gasteiger partial charge is 0.0543 e. The highest BCUT2D eigenvalue weighted by atomic mass is 15.3. The molecule has 3 heteroatoms. The lowest BCUT2D eigenvalue weighted by molar-refractivity contribution is 0.604. The molecule has 0 aromatic carbocycles. The third-order valence-corrected chi connectivity index (χ3v) is 3.47. The molecule has 0 radical (unpaired) electrons. The van der Waals surface area contributed by atoms with E-state index in [0.29, 0.717) is 0 Å². The van der Waals surface area contributed by atoms with Gasteiger partial charge in [0.1, 0.15) is 0 Å². The second kappa shape index (κ2) is 6.34. The lowest BCUT2D eigenvalue weighted by Crippen LogP contribution is -2.32. The summed E-state index contributed by atoms with van der Waals surface area (Å²) in [5.41, 5.74) is 12.4. The summed E-state index contributed by atoms with van der Waals surface area (Å²) in [6.45, 7) is 6.15. The highest BCUT2D eigenvalue weighted by molar-refractivity contribution is 5.83. The van der Waals surface area contributed by atoms with Gasteiger partial charge in [-0.25, -0.2) is 0 Å². The first kappa shape index (κ1) is 13.6. The summed E-state index contributed by atoms with van der Waals surface area (Å²) < 4.78 is 0. The predicted molar refractivity (Wildman–Crippen MR) is 81.6 cm³/mol. The number of hydrazone groups is 1. The lowest BCUT2D eigenvalue weighted by atomic mass is 9.93. The maximum atomic E-state index is 6.01. The van der Waals surface area contributed by atoms with E-state index in [0.717, 1.165) is 18.5 Å². The molecule has 2 atom stereocenters. The molecule has 0 aliphatic heterocycles. The Hall–Kier alpha value is -1.87. The fourth-order valence-electron chi connectivity index (χ4n) is 2.18. The Kier molecular flexibility index (Phi) is 4.53. The second-order valence-corrected chi connectivity index (χ2v) is 4.94. The van der Waals surface area contributed by atoms with E-state index in [1.54, 1.807) is 0 Å². The van der Waals surface area contributed by atoms with Crippen molar-refractivity contribution in [3.63, 3.8) is 0 Å². The van der Waals surface area contributed by atoms with Gasteiger partial charge >= 0.3 is 0 Å². The van der Waals surface area contributed by atoms with Crippen molar-refractivity contribution < 1.29 is 0 Å². The van der Waals surface area contributed by atoms with Gasteiger partial charge in [0.25, 0.3) is 0 Å². The van der Waals surface area contributed by atoms with E-state index >= 15 is 0 Å². The van der Waals surface area contributed by atoms with Crippen molar-refractivity contribution in [2.24, 2.45) is 16.8 Å². The number of nitrogens with one attached hydrogen (secondary N) is 1. The Morgan fingerprint density at radius 2 is 2.26 bits per heavy atom. The molecule has 0 spiro atoms. The van der Waals surface area contributed by atoms with Crippen LogP contribution in [0.1, 0.15) is 19.8 Å². The molecule has 0 bridgehead atoms. The van der Waals surface area contributed by atoms with Crippen LogP contribution in [0.5, 0.6) is 0 Å². The third kappa shape index (κ3) is 3.55. The first-order valence-electron chi connectivity index (χ1n) is 6.63. The first-order chi connectivity index (χ1) is 9.18. The van der Waals surface area contributed by atoms with Gasteiger partial charge in [0.05, 0.1) is 6.21 Å². The average molecular weight is 255 g/mol. The minimum atomic E-state index is -0.0317. The van der Waals surface area contributed by atoms with Crippen molar-refractivity contribution in [2.75, 3.05) is 0 Å². The SMILES string of the molecule is C=C(N/N=C/C1=C(C)CCC=C1)C1C=CC=CC1N. The van der Waals surface area contributed by atoms with Crippen LogP contribution >= 0.6 is 0 Å². The Morgan fingerprint density at radius 1 is 1.47 bits per heavy atom. The van der Waals surface area contributed by atoms with Gasteiger partial charge in [-0.15, -0.1) is 0 Å². The van der Waals surface area contributed by atoms with E-state index in [1.807, 2.05) is 30.5 Å². The molecule has 0 aromatic heterocycles. The Morgan fingerprint density at radius 3 is 3.00 bits per heavy atom. The molecule has 2 aliphatic carbocycles. The van der Waals surface area contributed by atoms with Gasteiger partial charge in [0.2, 0.25) is 0 Å². The zero-order valence-corrected chi connectivity index (χ0v) is 11.3. The van der Waals surface area contributed by atoms with Crippen LogP contribution in [0.25, 0.3) is 0 Å². The zero-order valence-electron chi connectivity index (χ0n) is 11.3. The molecular weight excluding hydrogens is 234 g/mol. The van der Waals surface area contributed by atoms with Crippen molar-refractivity contribution >= 4 is 6.21 Å². The summed E-state index contributed by atoms with van der Waals surface area (Å²) in [6.07, 6.45) is 16.3. The molecule has 2 aliphatic rings. The van der Waals surface area contributed by atoms with Gasteiger partial charge < -0.3 is 5.73 Å². The van der Waals surface area contributed by atoms with Gasteiger partial charge in [-0.2, -0.15) is 5.10 Å². The van der Waals surface area contributed by atoms with Crippen LogP contribution in [0, 0.1) is 5.92 Å². The van der Waals surface area contributed by atoms with E-state index < -0.39 is 0 Å². The summed E-state index contributed by atoms with van der Waals surface area (Å²) in [5, 5.41) is 4.26. The van der Waals surface area contributed by atoms with Crippen LogP contribution in [-0.4, -0.2) is 12.3 Å². The van der Waals surface area contributed by atoms with Gasteiger partial charge in [0, 0.05) is 17.7 Å². The second-order valence-electron chi connectivity index (χ2n) is 4.94. The number of nitrogens with zero attached hydrogens (tertiary/aromatic N) is 1. The largest absolute Gasteiger partial charge is 0.324 e. The fraction of sp³-hybridized carbons (Fsp3) is 0.312. The minimum absolute atomic E-state index is 0.0317. The molecule has 0 amide bonds. The van der Waals surface area contributed by atoms with Crippen molar-refractivity contribution in [3.05, 3.63) is 59.9 Å². The van der Waals surface area contributed by atoms with Gasteiger partial charge in [-0.05, 0) is 25.3 Å². The summed E-state index contributed by atoms with van der Waals surface area (Å²) in [4.78, 5) is 0. The summed E-state index contributed by atoms with van der Waals surface area (Å²) >= 11 is 0. The lowest BCUT2D eigenvalue weighted by Gasteiger charge is -2.21. The maximum Gasteiger partial charge on any atom is 0.0543 e. The molecule has 100 valence electrons. The molecule has 0 saturated heterocycles. The monoisotopic (exact) mass is 255 g/mol. The summed E-state index contributed by atoms with van der Waals surface area (Å²) in [6, 6.07) is -0.0317.